The standard InChI is InChI=1S/C12H16N2O3/c1-12(2,3)17-11(16)14-6-8-4-5-10(15)13-9(8)7-14/h4-5H,6-7H2,1-3H3,(H,13,15). The SMILES string of the molecule is CC(C)(C)OC(=O)N1Cc2ccc(=O)[nH]c2C1. The summed E-state index contributed by atoms with van der Waals surface area (Å²) in [6.45, 7) is 6.38. The van der Waals surface area contributed by atoms with Crippen LogP contribution in [0.4, 0.5) is 4.79 Å². The van der Waals surface area contributed by atoms with E-state index in [4.69, 9.17) is 4.74 Å². The molecular formula is C12H16N2O3. The third-order valence-corrected chi connectivity index (χ3v) is 2.46. The summed E-state index contributed by atoms with van der Waals surface area (Å²) in [6, 6.07) is 3.22. The molecule has 1 N–H and O–H groups in total. The van der Waals surface area contributed by atoms with Gasteiger partial charge in [0.15, 0.2) is 0 Å². The lowest BCUT2D eigenvalue weighted by molar-refractivity contribution is 0.0240. The van der Waals surface area contributed by atoms with Crippen LogP contribution in [-0.4, -0.2) is 21.6 Å². The van der Waals surface area contributed by atoms with Gasteiger partial charge in [0.2, 0.25) is 5.56 Å². The molecule has 1 aliphatic heterocycles. The van der Waals surface area contributed by atoms with Crippen molar-refractivity contribution in [2.75, 3.05) is 0 Å². The fourth-order valence-corrected chi connectivity index (χ4v) is 1.74. The molecule has 2 rings (SSSR count). The van der Waals surface area contributed by atoms with E-state index in [9.17, 15) is 9.59 Å². The number of hydrogen-bond acceptors (Lipinski definition) is 3. The van der Waals surface area contributed by atoms with Crippen LogP contribution in [0.3, 0.4) is 0 Å². The van der Waals surface area contributed by atoms with Gasteiger partial charge in [-0.15, -0.1) is 0 Å². The first-order valence-electron chi connectivity index (χ1n) is 5.54. The maximum atomic E-state index is 11.8. The van der Waals surface area contributed by atoms with E-state index in [2.05, 4.69) is 4.98 Å². The predicted molar refractivity (Wildman–Crippen MR) is 62.5 cm³/mol. The van der Waals surface area contributed by atoms with E-state index >= 15 is 0 Å². The van der Waals surface area contributed by atoms with Gasteiger partial charge in [-0.3, -0.25) is 9.69 Å². The first-order valence-corrected chi connectivity index (χ1v) is 5.54. The van der Waals surface area contributed by atoms with Gasteiger partial charge in [0, 0.05) is 11.8 Å². The van der Waals surface area contributed by atoms with Gasteiger partial charge >= 0.3 is 6.09 Å². The second-order valence-electron chi connectivity index (χ2n) is 5.16. The molecule has 1 aromatic heterocycles. The number of amides is 1. The molecule has 0 saturated carbocycles. The second-order valence-corrected chi connectivity index (χ2v) is 5.16. The fraction of sp³-hybridized carbons (Fsp3) is 0.500. The van der Waals surface area contributed by atoms with E-state index < -0.39 is 5.60 Å². The molecule has 0 aromatic carbocycles. The van der Waals surface area contributed by atoms with Gasteiger partial charge in [-0.2, -0.15) is 0 Å². The largest absolute Gasteiger partial charge is 0.444 e. The first-order chi connectivity index (χ1) is 7.85. The van der Waals surface area contributed by atoms with Gasteiger partial charge < -0.3 is 9.72 Å². The van der Waals surface area contributed by atoms with Gasteiger partial charge in [0.1, 0.15) is 5.60 Å². The highest BCUT2D eigenvalue weighted by molar-refractivity contribution is 5.69. The minimum absolute atomic E-state index is 0.144. The Balaban J connectivity index is 2.10. The summed E-state index contributed by atoms with van der Waals surface area (Å²) in [6.07, 6.45) is -0.352. The molecule has 0 fully saturated rings. The molecule has 5 nitrogen and oxygen atoms in total. The highest BCUT2D eigenvalue weighted by atomic mass is 16.6. The van der Waals surface area contributed by atoms with Crippen LogP contribution >= 0.6 is 0 Å². The number of carbonyl (C=O) groups excluding carboxylic acids is 1. The predicted octanol–water partition coefficient (Wildman–Crippen LogP) is 1.63. The Labute approximate surface area is 99.4 Å². The van der Waals surface area contributed by atoms with Crippen molar-refractivity contribution in [2.24, 2.45) is 0 Å². The Hall–Kier alpha value is -1.78. The third kappa shape index (κ3) is 2.67. The number of pyridine rings is 1. The highest BCUT2D eigenvalue weighted by Crippen LogP contribution is 2.21. The minimum atomic E-state index is -0.501. The summed E-state index contributed by atoms with van der Waals surface area (Å²) in [4.78, 5) is 27.3. The van der Waals surface area contributed by atoms with Crippen molar-refractivity contribution >= 4 is 6.09 Å². The molecule has 0 saturated heterocycles. The van der Waals surface area contributed by atoms with Crippen LogP contribution in [0.15, 0.2) is 16.9 Å². The molecule has 0 radical (unpaired) electrons. The topological polar surface area (TPSA) is 62.4 Å². The number of nitrogens with zero attached hydrogens (tertiary/aromatic N) is 1. The summed E-state index contributed by atoms with van der Waals surface area (Å²) in [5, 5.41) is 0. The smallest absolute Gasteiger partial charge is 0.410 e. The molecule has 5 heteroatoms. The van der Waals surface area contributed by atoms with Crippen molar-refractivity contribution in [2.45, 2.75) is 39.5 Å². The minimum Gasteiger partial charge on any atom is -0.444 e. The number of hydrogen-bond donors (Lipinski definition) is 1. The van der Waals surface area contributed by atoms with Crippen LogP contribution in [0.1, 0.15) is 32.0 Å². The van der Waals surface area contributed by atoms with E-state index in [0.29, 0.717) is 13.1 Å². The van der Waals surface area contributed by atoms with Crippen LogP contribution < -0.4 is 5.56 Å². The summed E-state index contributed by atoms with van der Waals surface area (Å²) in [5.74, 6) is 0. The van der Waals surface area contributed by atoms with Crippen molar-refractivity contribution in [3.63, 3.8) is 0 Å². The quantitative estimate of drug-likeness (QED) is 0.744. The Bertz CT molecular complexity index is 499. The summed E-state index contributed by atoms with van der Waals surface area (Å²) in [5.41, 5.74) is 1.12. The summed E-state index contributed by atoms with van der Waals surface area (Å²) in [7, 11) is 0. The Kier molecular flexibility index (Phi) is 2.69. The van der Waals surface area contributed by atoms with Crippen molar-refractivity contribution in [1.29, 1.82) is 0 Å². The lowest BCUT2D eigenvalue weighted by Crippen LogP contribution is -2.33. The number of rotatable bonds is 0. The number of aromatic amines is 1. The number of aromatic nitrogens is 1. The Morgan fingerprint density at radius 2 is 2.06 bits per heavy atom. The number of carbonyl (C=O) groups is 1. The van der Waals surface area contributed by atoms with Crippen molar-refractivity contribution in [3.05, 3.63) is 33.7 Å². The van der Waals surface area contributed by atoms with Gasteiger partial charge in [0.25, 0.3) is 0 Å². The first kappa shape index (κ1) is 11.7. The molecule has 0 aliphatic carbocycles. The average molecular weight is 236 g/mol. The van der Waals surface area contributed by atoms with Crippen LogP contribution in [0, 0.1) is 0 Å². The van der Waals surface area contributed by atoms with E-state index in [1.54, 1.807) is 11.0 Å². The normalized spacial score (nSPS) is 14.6. The molecule has 0 spiro atoms. The van der Waals surface area contributed by atoms with Crippen LogP contribution in [-0.2, 0) is 17.8 Å². The third-order valence-electron chi connectivity index (χ3n) is 2.46. The maximum Gasteiger partial charge on any atom is 0.410 e. The lowest BCUT2D eigenvalue weighted by atomic mass is 10.2. The van der Waals surface area contributed by atoms with E-state index in [0.717, 1.165) is 11.3 Å². The summed E-state index contributed by atoms with van der Waals surface area (Å²) >= 11 is 0. The maximum absolute atomic E-state index is 11.8. The van der Waals surface area contributed by atoms with Gasteiger partial charge in [0.05, 0.1) is 13.1 Å². The van der Waals surface area contributed by atoms with Crippen molar-refractivity contribution < 1.29 is 9.53 Å². The highest BCUT2D eigenvalue weighted by Gasteiger charge is 2.27. The van der Waals surface area contributed by atoms with E-state index in [1.807, 2.05) is 20.8 Å². The molecule has 92 valence electrons. The van der Waals surface area contributed by atoms with Crippen LogP contribution in [0.2, 0.25) is 0 Å². The lowest BCUT2D eigenvalue weighted by Gasteiger charge is -2.23. The molecular weight excluding hydrogens is 220 g/mol. The Morgan fingerprint density at radius 1 is 1.35 bits per heavy atom. The number of H-pyrrole nitrogens is 1. The molecule has 1 aliphatic rings. The van der Waals surface area contributed by atoms with Crippen molar-refractivity contribution in [3.8, 4) is 0 Å². The zero-order valence-corrected chi connectivity index (χ0v) is 10.2. The number of ether oxygens (including phenoxy) is 1. The zero-order valence-electron chi connectivity index (χ0n) is 10.2. The monoisotopic (exact) mass is 236 g/mol. The van der Waals surface area contributed by atoms with Crippen LogP contribution in [0.25, 0.3) is 0 Å². The van der Waals surface area contributed by atoms with E-state index in [-0.39, 0.29) is 11.7 Å². The van der Waals surface area contributed by atoms with Gasteiger partial charge in [-0.1, -0.05) is 0 Å². The fourth-order valence-electron chi connectivity index (χ4n) is 1.74. The van der Waals surface area contributed by atoms with Crippen molar-refractivity contribution in [1.82, 2.24) is 9.88 Å². The molecule has 0 bridgehead atoms. The van der Waals surface area contributed by atoms with Gasteiger partial charge in [-0.25, -0.2) is 4.79 Å². The molecule has 1 aromatic rings. The second kappa shape index (κ2) is 3.91. The molecule has 2 heterocycles. The zero-order chi connectivity index (χ0) is 12.6. The molecule has 0 atom stereocenters. The molecule has 17 heavy (non-hydrogen) atoms. The molecule has 0 unspecified atom stereocenters. The molecule has 1 amide bonds. The van der Waals surface area contributed by atoms with Gasteiger partial charge in [-0.05, 0) is 32.4 Å². The Morgan fingerprint density at radius 3 is 2.71 bits per heavy atom. The van der Waals surface area contributed by atoms with Crippen LogP contribution in [0.5, 0.6) is 0 Å². The van der Waals surface area contributed by atoms with E-state index in [1.165, 1.54) is 6.07 Å². The average Bonchev–Trinajstić information content (AvgIpc) is 2.57. The number of nitrogens with one attached hydrogen (secondary N) is 1. The summed E-state index contributed by atoms with van der Waals surface area (Å²) < 4.78 is 5.28. The number of fused-ring (bicyclic) bond motifs is 1.